The molecule has 1 aliphatic heterocycles. The fraction of sp³-hybridized carbons (Fsp3) is 0.294. The number of hydrogen-bond donors (Lipinski definition) is 2. The van der Waals surface area contributed by atoms with Crippen LogP contribution in [0.15, 0.2) is 36.9 Å². The van der Waals surface area contributed by atoms with E-state index in [0.29, 0.717) is 24.2 Å². The zero-order valence-corrected chi connectivity index (χ0v) is 13.3. The summed E-state index contributed by atoms with van der Waals surface area (Å²) < 4.78 is 2.12. The van der Waals surface area contributed by atoms with E-state index in [9.17, 15) is 9.59 Å². The van der Waals surface area contributed by atoms with Gasteiger partial charge in [-0.3, -0.25) is 9.59 Å². The second-order valence-corrected chi connectivity index (χ2v) is 5.57. The lowest BCUT2D eigenvalue weighted by atomic mass is 10.2. The predicted molar refractivity (Wildman–Crippen MR) is 89.6 cm³/mol. The van der Waals surface area contributed by atoms with Crippen molar-refractivity contribution in [1.29, 1.82) is 0 Å². The maximum atomic E-state index is 12.2. The number of anilines is 1. The van der Waals surface area contributed by atoms with Gasteiger partial charge in [-0.25, -0.2) is 0 Å². The summed E-state index contributed by atoms with van der Waals surface area (Å²) in [5.41, 5.74) is 1.05. The van der Waals surface area contributed by atoms with Crippen molar-refractivity contribution in [2.75, 3.05) is 11.9 Å². The molecule has 0 atom stereocenters. The highest BCUT2D eigenvalue weighted by molar-refractivity contribution is 6.00. The first-order valence-electron chi connectivity index (χ1n) is 7.90. The third kappa shape index (κ3) is 3.51. The third-order valence-corrected chi connectivity index (χ3v) is 3.90. The van der Waals surface area contributed by atoms with Crippen LogP contribution in [0.5, 0.6) is 0 Å². The molecule has 2 aromatic rings. The minimum absolute atomic E-state index is 0.189. The lowest BCUT2D eigenvalue weighted by Crippen LogP contribution is -2.26. The standard InChI is InChI=1S/C17H19N5O2/c1-2-16(23)19-13-6-3-5-12(11-13)17(24)18-9-8-15-21-20-14-7-4-10-22(14)15/h2-3,5-6,11H,1,4,7-10H2,(H,18,24)(H,19,23). The van der Waals surface area contributed by atoms with Crippen LogP contribution in [0.3, 0.4) is 0 Å². The number of fused-ring (bicyclic) bond motifs is 1. The molecule has 0 bridgehead atoms. The van der Waals surface area contributed by atoms with Crippen LogP contribution in [-0.2, 0) is 24.2 Å². The van der Waals surface area contributed by atoms with Gasteiger partial charge in [0.1, 0.15) is 11.6 Å². The Balaban J connectivity index is 1.56. The van der Waals surface area contributed by atoms with E-state index in [0.717, 1.165) is 31.0 Å². The molecule has 2 heterocycles. The highest BCUT2D eigenvalue weighted by Crippen LogP contribution is 2.14. The van der Waals surface area contributed by atoms with Crippen LogP contribution in [0.25, 0.3) is 0 Å². The molecular weight excluding hydrogens is 306 g/mol. The van der Waals surface area contributed by atoms with Crippen molar-refractivity contribution < 1.29 is 9.59 Å². The molecule has 1 aromatic carbocycles. The maximum absolute atomic E-state index is 12.2. The number of benzene rings is 1. The SMILES string of the molecule is C=CC(=O)Nc1cccc(C(=O)NCCc2nnc3n2CCC3)c1. The van der Waals surface area contributed by atoms with Crippen LogP contribution in [0.2, 0.25) is 0 Å². The largest absolute Gasteiger partial charge is 0.352 e. The summed E-state index contributed by atoms with van der Waals surface area (Å²) in [4.78, 5) is 23.5. The molecule has 0 aliphatic carbocycles. The number of carbonyl (C=O) groups excluding carboxylic acids is 2. The molecule has 7 nitrogen and oxygen atoms in total. The molecule has 7 heteroatoms. The molecular formula is C17H19N5O2. The molecule has 0 saturated carbocycles. The average Bonchev–Trinajstić information content (AvgIpc) is 3.19. The van der Waals surface area contributed by atoms with Gasteiger partial charge in [0.15, 0.2) is 0 Å². The minimum atomic E-state index is -0.312. The molecule has 2 N–H and O–H groups in total. The number of aromatic nitrogens is 3. The lowest BCUT2D eigenvalue weighted by Gasteiger charge is -2.08. The first-order valence-corrected chi connectivity index (χ1v) is 7.90. The van der Waals surface area contributed by atoms with E-state index < -0.39 is 0 Å². The van der Waals surface area contributed by atoms with Crippen molar-refractivity contribution in [3.8, 4) is 0 Å². The normalized spacial score (nSPS) is 12.5. The summed E-state index contributed by atoms with van der Waals surface area (Å²) in [6, 6.07) is 6.77. The van der Waals surface area contributed by atoms with Crippen molar-refractivity contribution in [1.82, 2.24) is 20.1 Å². The first-order chi connectivity index (χ1) is 11.7. The number of nitrogens with zero attached hydrogens (tertiary/aromatic N) is 3. The van der Waals surface area contributed by atoms with Crippen molar-refractivity contribution in [3.05, 3.63) is 54.1 Å². The van der Waals surface area contributed by atoms with Gasteiger partial charge in [0, 0.05) is 37.2 Å². The smallest absolute Gasteiger partial charge is 0.251 e. The molecule has 0 fully saturated rings. The van der Waals surface area contributed by atoms with Crippen LogP contribution in [0.1, 0.15) is 28.4 Å². The van der Waals surface area contributed by atoms with E-state index in [-0.39, 0.29) is 11.8 Å². The Labute approximate surface area is 139 Å². The van der Waals surface area contributed by atoms with E-state index in [4.69, 9.17) is 0 Å². The fourth-order valence-electron chi connectivity index (χ4n) is 2.72. The second kappa shape index (κ2) is 7.08. The summed E-state index contributed by atoms with van der Waals surface area (Å²) in [6.07, 6.45) is 3.91. The number of carbonyl (C=O) groups is 2. The molecule has 2 amide bonds. The number of rotatable bonds is 6. The van der Waals surface area contributed by atoms with Gasteiger partial charge >= 0.3 is 0 Å². The topological polar surface area (TPSA) is 88.9 Å². The molecule has 0 spiro atoms. The van der Waals surface area contributed by atoms with E-state index in [1.807, 2.05) is 0 Å². The van der Waals surface area contributed by atoms with E-state index in [2.05, 4.69) is 32.0 Å². The van der Waals surface area contributed by atoms with Gasteiger partial charge in [0.25, 0.3) is 5.91 Å². The van der Waals surface area contributed by atoms with Crippen LogP contribution in [0.4, 0.5) is 5.69 Å². The molecule has 3 rings (SSSR count). The van der Waals surface area contributed by atoms with E-state index >= 15 is 0 Å². The van der Waals surface area contributed by atoms with Gasteiger partial charge in [0.2, 0.25) is 5.91 Å². The van der Waals surface area contributed by atoms with Gasteiger partial charge in [-0.05, 0) is 30.7 Å². The van der Waals surface area contributed by atoms with Gasteiger partial charge < -0.3 is 15.2 Å². The quantitative estimate of drug-likeness (QED) is 0.784. The Morgan fingerprint density at radius 2 is 2.21 bits per heavy atom. The van der Waals surface area contributed by atoms with E-state index in [1.54, 1.807) is 24.3 Å². The molecule has 124 valence electrons. The van der Waals surface area contributed by atoms with Crippen molar-refractivity contribution in [3.63, 3.8) is 0 Å². The lowest BCUT2D eigenvalue weighted by molar-refractivity contribution is -0.111. The maximum Gasteiger partial charge on any atom is 0.251 e. The molecule has 0 saturated heterocycles. The summed E-state index contributed by atoms with van der Waals surface area (Å²) >= 11 is 0. The summed E-state index contributed by atoms with van der Waals surface area (Å²) in [5, 5.41) is 13.8. The molecule has 1 aliphatic rings. The molecule has 1 aromatic heterocycles. The monoisotopic (exact) mass is 325 g/mol. The number of aryl methyl sites for hydroxylation is 1. The Kier molecular flexibility index (Phi) is 4.69. The van der Waals surface area contributed by atoms with Gasteiger partial charge in [-0.15, -0.1) is 10.2 Å². The van der Waals surface area contributed by atoms with Crippen molar-refractivity contribution in [2.45, 2.75) is 25.8 Å². The summed E-state index contributed by atoms with van der Waals surface area (Å²) in [7, 11) is 0. The van der Waals surface area contributed by atoms with Crippen LogP contribution < -0.4 is 10.6 Å². The number of hydrogen-bond acceptors (Lipinski definition) is 4. The highest BCUT2D eigenvalue weighted by Gasteiger charge is 2.17. The van der Waals surface area contributed by atoms with Crippen LogP contribution in [-0.4, -0.2) is 33.1 Å². The van der Waals surface area contributed by atoms with Crippen molar-refractivity contribution >= 4 is 17.5 Å². The van der Waals surface area contributed by atoms with Crippen molar-refractivity contribution in [2.24, 2.45) is 0 Å². The minimum Gasteiger partial charge on any atom is -0.352 e. The van der Waals surface area contributed by atoms with Gasteiger partial charge in [-0.1, -0.05) is 12.6 Å². The Morgan fingerprint density at radius 1 is 1.33 bits per heavy atom. The van der Waals surface area contributed by atoms with Gasteiger partial charge in [0.05, 0.1) is 0 Å². The Bertz CT molecular complexity index is 781. The number of nitrogens with one attached hydrogen (secondary N) is 2. The zero-order chi connectivity index (χ0) is 16.9. The average molecular weight is 325 g/mol. The summed E-state index contributed by atoms with van der Waals surface area (Å²) in [5.74, 6) is 1.44. The Hall–Kier alpha value is -2.96. The molecule has 0 unspecified atom stereocenters. The van der Waals surface area contributed by atoms with E-state index in [1.165, 1.54) is 6.08 Å². The zero-order valence-electron chi connectivity index (χ0n) is 13.3. The molecule has 24 heavy (non-hydrogen) atoms. The predicted octanol–water partition coefficient (Wildman–Crippen LogP) is 1.32. The fourth-order valence-corrected chi connectivity index (χ4v) is 2.72. The third-order valence-electron chi connectivity index (χ3n) is 3.90. The first kappa shape index (κ1) is 15.9. The number of amides is 2. The highest BCUT2D eigenvalue weighted by atomic mass is 16.2. The van der Waals surface area contributed by atoms with Gasteiger partial charge in [-0.2, -0.15) is 0 Å². The van der Waals surface area contributed by atoms with Crippen LogP contribution >= 0.6 is 0 Å². The summed E-state index contributed by atoms with van der Waals surface area (Å²) in [6.45, 7) is 4.84. The second-order valence-electron chi connectivity index (χ2n) is 5.57. The Morgan fingerprint density at radius 3 is 3.04 bits per heavy atom. The van der Waals surface area contributed by atoms with Crippen LogP contribution in [0, 0.1) is 0 Å². The molecule has 0 radical (unpaired) electrons.